The molecule has 2 nitrogen and oxygen atoms in total. The van der Waals surface area contributed by atoms with E-state index in [-0.39, 0.29) is 0 Å². The van der Waals surface area contributed by atoms with Gasteiger partial charge < -0.3 is 5.73 Å². The second-order valence-electron chi connectivity index (χ2n) is 4.03. The predicted octanol–water partition coefficient (Wildman–Crippen LogP) is 1.45. The number of likely N-dealkylation sites (tertiary alicyclic amines) is 1. The topological polar surface area (TPSA) is 29.3 Å². The van der Waals surface area contributed by atoms with E-state index in [1.807, 2.05) is 0 Å². The van der Waals surface area contributed by atoms with Gasteiger partial charge in [-0.15, -0.1) is 0 Å². The van der Waals surface area contributed by atoms with E-state index in [1.54, 1.807) is 0 Å². The number of hydrogen-bond donors (Lipinski definition) is 1. The molecule has 0 aromatic carbocycles. The molecule has 12 heavy (non-hydrogen) atoms. The highest BCUT2D eigenvalue weighted by Gasteiger charge is 2.28. The van der Waals surface area contributed by atoms with E-state index in [0.29, 0.717) is 12.0 Å². The minimum atomic E-state index is 0.396. The van der Waals surface area contributed by atoms with Crippen LogP contribution < -0.4 is 5.73 Å². The summed E-state index contributed by atoms with van der Waals surface area (Å²) in [5.41, 5.74) is 6.02. The second kappa shape index (κ2) is 4.24. The van der Waals surface area contributed by atoms with Crippen LogP contribution in [0.4, 0.5) is 0 Å². The molecular formula is C10H22N2. The van der Waals surface area contributed by atoms with Gasteiger partial charge in [-0.1, -0.05) is 20.8 Å². The Hall–Kier alpha value is -0.0800. The Labute approximate surface area is 76.1 Å². The second-order valence-corrected chi connectivity index (χ2v) is 4.03. The van der Waals surface area contributed by atoms with Crippen molar-refractivity contribution in [2.45, 2.75) is 45.7 Å². The standard InChI is InChI=1S/C10H22N2/c1-4-9-6-8(3)10(11)7-12(9)5-2/h8-10H,4-7,11H2,1-3H3. The highest BCUT2D eigenvalue weighted by atomic mass is 15.2. The zero-order valence-corrected chi connectivity index (χ0v) is 8.59. The Kier molecular flexibility index (Phi) is 3.53. The summed E-state index contributed by atoms with van der Waals surface area (Å²) in [5.74, 6) is 0.706. The molecule has 2 N–H and O–H groups in total. The summed E-state index contributed by atoms with van der Waals surface area (Å²) in [4.78, 5) is 2.52. The first-order valence-corrected chi connectivity index (χ1v) is 5.18. The van der Waals surface area contributed by atoms with E-state index >= 15 is 0 Å². The molecule has 0 aliphatic carbocycles. The molecule has 0 radical (unpaired) electrons. The Morgan fingerprint density at radius 2 is 2.08 bits per heavy atom. The number of piperidine rings is 1. The molecule has 2 heteroatoms. The molecule has 1 aliphatic rings. The molecule has 3 atom stereocenters. The molecule has 0 bridgehead atoms. The lowest BCUT2D eigenvalue weighted by Gasteiger charge is -2.41. The van der Waals surface area contributed by atoms with Crippen LogP contribution in [0.3, 0.4) is 0 Å². The first-order valence-electron chi connectivity index (χ1n) is 5.18. The first kappa shape index (κ1) is 10.0. The van der Waals surface area contributed by atoms with Gasteiger partial charge in [-0.05, 0) is 25.3 Å². The molecule has 1 heterocycles. The summed E-state index contributed by atoms with van der Waals surface area (Å²) >= 11 is 0. The molecule has 0 aromatic rings. The van der Waals surface area contributed by atoms with E-state index in [4.69, 9.17) is 5.73 Å². The summed E-state index contributed by atoms with van der Waals surface area (Å²) in [7, 11) is 0. The summed E-state index contributed by atoms with van der Waals surface area (Å²) in [6, 6.07) is 1.18. The largest absolute Gasteiger partial charge is 0.326 e. The molecule has 0 saturated carbocycles. The molecule has 72 valence electrons. The number of hydrogen-bond acceptors (Lipinski definition) is 2. The van der Waals surface area contributed by atoms with Crippen molar-refractivity contribution < 1.29 is 0 Å². The normalized spacial score (nSPS) is 38.5. The van der Waals surface area contributed by atoms with Crippen LogP contribution in [0, 0.1) is 5.92 Å². The van der Waals surface area contributed by atoms with Crippen molar-refractivity contribution in [3.05, 3.63) is 0 Å². The van der Waals surface area contributed by atoms with E-state index in [9.17, 15) is 0 Å². The molecule has 1 fully saturated rings. The lowest BCUT2D eigenvalue weighted by molar-refractivity contribution is 0.103. The van der Waals surface area contributed by atoms with Crippen molar-refractivity contribution >= 4 is 0 Å². The average Bonchev–Trinajstić information content (AvgIpc) is 2.09. The van der Waals surface area contributed by atoms with Gasteiger partial charge in [-0.2, -0.15) is 0 Å². The maximum Gasteiger partial charge on any atom is 0.0194 e. The van der Waals surface area contributed by atoms with Gasteiger partial charge in [-0.3, -0.25) is 4.90 Å². The molecule has 0 aromatic heterocycles. The highest BCUT2D eigenvalue weighted by molar-refractivity contribution is 4.86. The van der Waals surface area contributed by atoms with Gasteiger partial charge in [0.1, 0.15) is 0 Å². The summed E-state index contributed by atoms with van der Waals surface area (Å²) in [6.45, 7) is 9.03. The van der Waals surface area contributed by atoms with Crippen LogP contribution in [0.2, 0.25) is 0 Å². The van der Waals surface area contributed by atoms with Crippen LogP contribution in [0.5, 0.6) is 0 Å². The zero-order valence-electron chi connectivity index (χ0n) is 8.59. The number of likely N-dealkylation sites (N-methyl/N-ethyl adjacent to an activating group) is 1. The molecule has 1 saturated heterocycles. The van der Waals surface area contributed by atoms with Gasteiger partial charge in [0.25, 0.3) is 0 Å². The SMILES string of the molecule is CCC1CC(C)C(N)CN1CC. The average molecular weight is 170 g/mol. The smallest absolute Gasteiger partial charge is 0.0194 e. The van der Waals surface area contributed by atoms with Crippen molar-refractivity contribution in [2.75, 3.05) is 13.1 Å². The third kappa shape index (κ3) is 1.99. The predicted molar refractivity (Wildman–Crippen MR) is 53.1 cm³/mol. The molecule has 1 aliphatic heterocycles. The van der Waals surface area contributed by atoms with Crippen LogP contribution >= 0.6 is 0 Å². The number of nitrogens with zero attached hydrogens (tertiary/aromatic N) is 1. The third-order valence-electron chi connectivity index (χ3n) is 3.21. The maximum absolute atomic E-state index is 6.02. The maximum atomic E-state index is 6.02. The molecular weight excluding hydrogens is 148 g/mol. The van der Waals surface area contributed by atoms with Crippen molar-refractivity contribution in [1.82, 2.24) is 4.90 Å². The Morgan fingerprint density at radius 1 is 1.42 bits per heavy atom. The van der Waals surface area contributed by atoms with E-state index in [0.717, 1.165) is 19.1 Å². The van der Waals surface area contributed by atoms with Gasteiger partial charge in [-0.25, -0.2) is 0 Å². The number of rotatable bonds is 2. The third-order valence-corrected chi connectivity index (χ3v) is 3.21. The minimum Gasteiger partial charge on any atom is -0.326 e. The summed E-state index contributed by atoms with van der Waals surface area (Å²) in [5, 5.41) is 0. The molecule has 3 unspecified atom stereocenters. The van der Waals surface area contributed by atoms with Crippen LogP contribution in [-0.4, -0.2) is 30.1 Å². The fraction of sp³-hybridized carbons (Fsp3) is 1.00. The summed E-state index contributed by atoms with van der Waals surface area (Å²) in [6.07, 6.45) is 2.55. The number of nitrogens with two attached hydrogens (primary N) is 1. The van der Waals surface area contributed by atoms with E-state index in [2.05, 4.69) is 25.7 Å². The molecule has 0 amide bonds. The van der Waals surface area contributed by atoms with Crippen molar-refractivity contribution in [1.29, 1.82) is 0 Å². The Morgan fingerprint density at radius 3 is 2.58 bits per heavy atom. The fourth-order valence-electron chi connectivity index (χ4n) is 2.16. The lowest BCUT2D eigenvalue weighted by atomic mass is 9.88. The fourth-order valence-corrected chi connectivity index (χ4v) is 2.16. The van der Waals surface area contributed by atoms with Crippen LogP contribution in [0.1, 0.15) is 33.6 Å². The van der Waals surface area contributed by atoms with Crippen molar-refractivity contribution in [3.63, 3.8) is 0 Å². The van der Waals surface area contributed by atoms with Gasteiger partial charge in [0, 0.05) is 18.6 Å². The molecule has 1 rings (SSSR count). The van der Waals surface area contributed by atoms with Crippen molar-refractivity contribution in [2.24, 2.45) is 11.7 Å². The van der Waals surface area contributed by atoms with Gasteiger partial charge in [0.2, 0.25) is 0 Å². The van der Waals surface area contributed by atoms with Crippen molar-refractivity contribution in [3.8, 4) is 0 Å². The van der Waals surface area contributed by atoms with E-state index < -0.39 is 0 Å². The summed E-state index contributed by atoms with van der Waals surface area (Å²) < 4.78 is 0. The van der Waals surface area contributed by atoms with E-state index in [1.165, 1.54) is 12.8 Å². The van der Waals surface area contributed by atoms with Gasteiger partial charge in [0.05, 0.1) is 0 Å². The van der Waals surface area contributed by atoms with Crippen LogP contribution in [0.25, 0.3) is 0 Å². The lowest BCUT2D eigenvalue weighted by Crippen LogP contribution is -2.52. The van der Waals surface area contributed by atoms with Gasteiger partial charge >= 0.3 is 0 Å². The van der Waals surface area contributed by atoms with Gasteiger partial charge in [0.15, 0.2) is 0 Å². The van der Waals surface area contributed by atoms with Crippen LogP contribution in [-0.2, 0) is 0 Å². The minimum absolute atomic E-state index is 0.396. The monoisotopic (exact) mass is 170 g/mol. The Bertz CT molecular complexity index is 120. The van der Waals surface area contributed by atoms with Crippen LogP contribution in [0.15, 0.2) is 0 Å². The molecule has 0 spiro atoms. The first-order chi connectivity index (χ1) is 5.69. The highest BCUT2D eigenvalue weighted by Crippen LogP contribution is 2.23. The Balaban J connectivity index is 2.52. The quantitative estimate of drug-likeness (QED) is 0.679. The zero-order chi connectivity index (χ0) is 9.14.